The summed E-state index contributed by atoms with van der Waals surface area (Å²) in [5.41, 5.74) is 8.42. The van der Waals surface area contributed by atoms with Gasteiger partial charge in [0.1, 0.15) is 9.71 Å². The van der Waals surface area contributed by atoms with Crippen molar-refractivity contribution in [2.24, 2.45) is 0 Å². The number of amides is 1. The Kier molecular flexibility index (Phi) is 2.96. The first-order valence-corrected chi connectivity index (χ1v) is 7.40. The van der Waals surface area contributed by atoms with Crippen molar-refractivity contribution in [1.29, 1.82) is 0 Å². The van der Waals surface area contributed by atoms with Crippen LogP contribution in [0.4, 0.5) is 11.4 Å². The Labute approximate surface area is 117 Å². The van der Waals surface area contributed by atoms with Crippen LogP contribution in [-0.4, -0.2) is 10.9 Å². The molecule has 0 bridgehead atoms. The molecule has 0 radical (unpaired) electrons. The average molecular weight is 289 g/mol. The molecule has 0 spiro atoms. The van der Waals surface area contributed by atoms with E-state index in [4.69, 9.17) is 5.73 Å². The summed E-state index contributed by atoms with van der Waals surface area (Å²) in [7, 11) is 0. The maximum Gasteiger partial charge on any atom is 0.267 e. The van der Waals surface area contributed by atoms with Gasteiger partial charge in [-0.3, -0.25) is 4.79 Å². The second kappa shape index (κ2) is 4.64. The van der Waals surface area contributed by atoms with Crippen molar-refractivity contribution < 1.29 is 4.79 Å². The lowest BCUT2D eigenvalue weighted by Gasteiger charge is -2.01. The van der Waals surface area contributed by atoms with E-state index < -0.39 is 0 Å². The van der Waals surface area contributed by atoms with Crippen LogP contribution < -0.4 is 11.1 Å². The van der Waals surface area contributed by atoms with Crippen LogP contribution in [0.2, 0.25) is 0 Å². The van der Waals surface area contributed by atoms with Gasteiger partial charge in [0.25, 0.3) is 5.91 Å². The molecule has 3 aromatic heterocycles. The van der Waals surface area contributed by atoms with E-state index in [1.807, 2.05) is 29.8 Å². The Balaban J connectivity index is 2.03. The number of thiophene rings is 2. The molecule has 0 unspecified atom stereocenters. The molecular formula is C13H11N3OS2. The van der Waals surface area contributed by atoms with Crippen LogP contribution in [0.5, 0.6) is 0 Å². The second-order valence-corrected chi connectivity index (χ2v) is 5.90. The summed E-state index contributed by atoms with van der Waals surface area (Å²) in [5.74, 6) is -0.182. The SMILES string of the molecule is Cc1ccnc2sc(C(=O)Nc3ccsc3)c(N)c12. The number of hydrogen-bond donors (Lipinski definition) is 2. The number of aromatic nitrogens is 1. The van der Waals surface area contributed by atoms with Gasteiger partial charge in [0, 0.05) is 17.0 Å². The van der Waals surface area contributed by atoms with E-state index in [1.165, 1.54) is 22.7 Å². The number of rotatable bonds is 2. The van der Waals surface area contributed by atoms with Crippen LogP contribution in [0.15, 0.2) is 29.1 Å². The van der Waals surface area contributed by atoms with E-state index in [9.17, 15) is 4.79 Å². The maximum absolute atomic E-state index is 12.2. The lowest BCUT2D eigenvalue weighted by Crippen LogP contribution is -2.11. The topological polar surface area (TPSA) is 68.0 Å². The first-order chi connectivity index (χ1) is 9.16. The van der Waals surface area contributed by atoms with Crippen LogP contribution in [-0.2, 0) is 0 Å². The predicted octanol–water partition coefficient (Wildman–Crippen LogP) is 3.50. The molecule has 0 aliphatic heterocycles. The third kappa shape index (κ3) is 2.09. The van der Waals surface area contributed by atoms with Gasteiger partial charge in [-0.2, -0.15) is 11.3 Å². The van der Waals surface area contributed by atoms with Crippen LogP contribution >= 0.6 is 22.7 Å². The number of carbonyl (C=O) groups is 1. The van der Waals surface area contributed by atoms with Gasteiger partial charge in [0.2, 0.25) is 0 Å². The number of nitrogens with zero attached hydrogens (tertiary/aromatic N) is 1. The van der Waals surface area contributed by atoms with Gasteiger partial charge in [-0.15, -0.1) is 11.3 Å². The highest BCUT2D eigenvalue weighted by Gasteiger charge is 2.18. The van der Waals surface area contributed by atoms with Gasteiger partial charge in [0.15, 0.2) is 0 Å². The average Bonchev–Trinajstić information content (AvgIpc) is 2.98. The molecular weight excluding hydrogens is 278 g/mol. The van der Waals surface area contributed by atoms with Crippen molar-refractivity contribution in [3.8, 4) is 0 Å². The lowest BCUT2D eigenvalue weighted by atomic mass is 10.2. The van der Waals surface area contributed by atoms with Crippen molar-refractivity contribution in [2.75, 3.05) is 11.1 Å². The van der Waals surface area contributed by atoms with E-state index in [-0.39, 0.29) is 5.91 Å². The van der Waals surface area contributed by atoms with Gasteiger partial charge >= 0.3 is 0 Å². The van der Waals surface area contributed by atoms with Crippen molar-refractivity contribution in [2.45, 2.75) is 6.92 Å². The van der Waals surface area contributed by atoms with Crippen molar-refractivity contribution >= 4 is 50.2 Å². The number of aryl methyl sites for hydroxylation is 1. The summed E-state index contributed by atoms with van der Waals surface area (Å²) >= 11 is 2.86. The molecule has 0 aromatic carbocycles. The van der Waals surface area contributed by atoms with Gasteiger partial charge in [-0.05, 0) is 30.0 Å². The number of nitrogens with two attached hydrogens (primary N) is 1. The van der Waals surface area contributed by atoms with Crippen molar-refractivity contribution in [3.63, 3.8) is 0 Å². The molecule has 0 saturated carbocycles. The molecule has 0 aliphatic carbocycles. The van der Waals surface area contributed by atoms with Crippen LogP contribution in [0.1, 0.15) is 15.2 Å². The lowest BCUT2D eigenvalue weighted by molar-refractivity contribution is 0.103. The normalized spacial score (nSPS) is 10.8. The summed E-state index contributed by atoms with van der Waals surface area (Å²) in [6, 6.07) is 3.75. The molecule has 3 heterocycles. The molecule has 0 fully saturated rings. The number of hydrogen-bond acceptors (Lipinski definition) is 5. The predicted molar refractivity (Wildman–Crippen MR) is 81.0 cm³/mol. The van der Waals surface area contributed by atoms with E-state index in [0.29, 0.717) is 10.6 Å². The summed E-state index contributed by atoms with van der Waals surface area (Å²) in [5, 5.41) is 7.50. The standard InChI is InChI=1S/C13H11N3OS2/c1-7-2-4-15-13-9(7)10(14)11(19-13)12(17)16-8-3-5-18-6-8/h2-6H,14H2,1H3,(H,16,17). The number of nitrogens with one attached hydrogen (secondary N) is 1. The monoisotopic (exact) mass is 289 g/mol. The Morgan fingerprint density at radius 3 is 2.95 bits per heavy atom. The minimum atomic E-state index is -0.182. The van der Waals surface area contributed by atoms with Crippen LogP contribution in [0, 0.1) is 6.92 Å². The van der Waals surface area contributed by atoms with Gasteiger partial charge < -0.3 is 11.1 Å². The molecule has 96 valence electrons. The van der Waals surface area contributed by atoms with Crippen LogP contribution in [0.25, 0.3) is 10.2 Å². The Bertz CT molecular complexity index is 747. The first kappa shape index (κ1) is 12.1. The molecule has 0 atom stereocenters. The largest absolute Gasteiger partial charge is 0.397 e. The number of carbonyl (C=O) groups excluding carboxylic acids is 1. The number of anilines is 2. The molecule has 0 saturated heterocycles. The van der Waals surface area contributed by atoms with E-state index in [1.54, 1.807) is 6.20 Å². The van der Waals surface area contributed by atoms with Crippen molar-refractivity contribution in [1.82, 2.24) is 4.98 Å². The molecule has 3 aromatic rings. The molecule has 0 aliphatic rings. The fourth-order valence-electron chi connectivity index (χ4n) is 1.90. The minimum absolute atomic E-state index is 0.182. The van der Waals surface area contributed by atoms with Gasteiger partial charge in [-0.1, -0.05) is 0 Å². The van der Waals surface area contributed by atoms with Gasteiger partial charge in [0.05, 0.1) is 11.4 Å². The zero-order chi connectivity index (χ0) is 13.4. The Morgan fingerprint density at radius 1 is 1.42 bits per heavy atom. The fourth-order valence-corrected chi connectivity index (χ4v) is 3.52. The summed E-state index contributed by atoms with van der Waals surface area (Å²) in [6.07, 6.45) is 1.73. The third-order valence-electron chi connectivity index (χ3n) is 2.82. The molecule has 4 nitrogen and oxygen atoms in total. The van der Waals surface area contributed by atoms with Gasteiger partial charge in [-0.25, -0.2) is 4.98 Å². The molecule has 1 amide bonds. The Morgan fingerprint density at radius 2 is 2.26 bits per heavy atom. The highest BCUT2D eigenvalue weighted by molar-refractivity contribution is 7.21. The quantitative estimate of drug-likeness (QED) is 0.758. The third-order valence-corrected chi connectivity index (χ3v) is 4.62. The van der Waals surface area contributed by atoms with E-state index >= 15 is 0 Å². The molecule has 3 N–H and O–H groups in total. The highest BCUT2D eigenvalue weighted by atomic mass is 32.1. The van der Waals surface area contributed by atoms with E-state index in [0.717, 1.165) is 21.5 Å². The maximum atomic E-state index is 12.2. The van der Waals surface area contributed by atoms with Crippen LogP contribution in [0.3, 0.4) is 0 Å². The fraction of sp³-hybridized carbons (Fsp3) is 0.0769. The zero-order valence-corrected chi connectivity index (χ0v) is 11.8. The highest BCUT2D eigenvalue weighted by Crippen LogP contribution is 2.34. The number of pyridine rings is 1. The zero-order valence-electron chi connectivity index (χ0n) is 10.1. The first-order valence-electron chi connectivity index (χ1n) is 5.64. The summed E-state index contributed by atoms with van der Waals surface area (Å²) in [4.78, 5) is 17.8. The summed E-state index contributed by atoms with van der Waals surface area (Å²) < 4.78 is 0. The molecule has 3 rings (SSSR count). The molecule has 19 heavy (non-hydrogen) atoms. The Hall–Kier alpha value is -1.92. The number of fused-ring (bicyclic) bond motifs is 1. The second-order valence-electron chi connectivity index (χ2n) is 4.12. The smallest absolute Gasteiger partial charge is 0.267 e. The van der Waals surface area contributed by atoms with Crippen molar-refractivity contribution in [3.05, 3.63) is 39.5 Å². The summed E-state index contributed by atoms with van der Waals surface area (Å²) in [6.45, 7) is 1.97. The van der Waals surface area contributed by atoms with E-state index in [2.05, 4.69) is 10.3 Å². The molecule has 6 heteroatoms. The number of nitrogen functional groups attached to an aromatic ring is 1. The minimum Gasteiger partial charge on any atom is -0.397 e.